The fraction of sp³-hybridized carbons (Fsp3) is 1.00. The fourth-order valence-electron chi connectivity index (χ4n) is 0.379. The van der Waals surface area contributed by atoms with Crippen LogP contribution in [0, 0.1) is 0 Å². The second kappa shape index (κ2) is 7.08. The molecule has 0 saturated carbocycles. The summed E-state index contributed by atoms with van der Waals surface area (Å²) in [5.74, 6) is -0.336. The van der Waals surface area contributed by atoms with Gasteiger partial charge in [-0.15, -0.1) is 0 Å². The molecule has 6 heteroatoms. The molecule has 0 aliphatic heterocycles. The van der Waals surface area contributed by atoms with Crippen molar-refractivity contribution in [2.24, 2.45) is 0 Å². The van der Waals surface area contributed by atoms with Crippen LogP contribution in [-0.4, -0.2) is 74.3 Å². The van der Waals surface area contributed by atoms with Crippen molar-refractivity contribution < 1.29 is 20.2 Å². The van der Waals surface area contributed by atoms with Gasteiger partial charge in [-0.2, -0.15) is 8.42 Å². The number of halogens is 1. The van der Waals surface area contributed by atoms with Crippen molar-refractivity contribution in [3.8, 4) is 0 Å². The van der Waals surface area contributed by atoms with Gasteiger partial charge in [0.05, 0.1) is 12.4 Å². The first-order valence-corrected chi connectivity index (χ1v) is 4.18. The zero-order chi connectivity index (χ0) is 7.33. The van der Waals surface area contributed by atoms with E-state index in [0.29, 0.717) is 0 Å². The van der Waals surface area contributed by atoms with Crippen molar-refractivity contribution >= 4 is 59.0 Å². The quantitative estimate of drug-likeness (QED) is 0.466. The van der Waals surface area contributed by atoms with Crippen molar-refractivity contribution in [2.75, 3.05) is 12.4 Å². The molecule has 10 heavy (non-hydrogen) atoms. The third-order valence-electron chi connectivity index (χ3n) is 0.786. The van der Waals surface area contributed by atoms with Gasteiger partial charge in [-0.05, 0) is 12.8 Å². The molecule has 0 saturated heterocycles. The molecule has 0 radical (unpaired) electrons. The van der Waals surface area contributed by atoms with E-state index in [0.717, 1.165) is 0 Å². The maximum Gasteiger partial charge on any atom is 2.00 e. The average molecular weight is 296 g/mol. The van der Waals surface area contributed by atoms with Crippen molar-refractivity contribution in [1.29, 1.82) is 0 Å². The van der Waals surface area contributed by atoms with E-state index in [9.17, 15) is 12.8 Å². The molecule has 0 amide bonds. The second-order valence-corrected chi connectivity index (χ2v) is 3.25. The molecule has 0 bridgehead atoms. The Bertz CT molecular complexity index is 164. The minimum atomic E-state index is -3.86. The summed E-state index contributed by atoms with van der Waals surface area (Å²) in [4.78, 5) is 0. The summed E-state index contributed by atoms with van der Waals surface area (Å²) in [5, 5.41) is 0. The molecule has 1 N–H and O–H groups in total. The summed E-state index contributed by atoms with van der Waals surface area (Å²) < 4.78 is 39.3. The number of unbranched alkanes of at least 4 members (excludes halogenated alkanes) is 1. The van der Waals surface area contributed by atoms with Crippen LogP contribution in [0.3, 0.4) is 0 Å². The topological polar surface area (TPSA) is 54.4 Å². The van der Waals surface area contributed by atoms with Crippen LogP contribution in [0.4, 0.5) is 4.39 Å². The van der Waals surface area contributed by atoms with Gasteiger partial charge >= 0.3 is 48.9 Å². The largest absolute Gasteiger partial charge is 2.00 e. The molecule has 3 nitrogen and oxygen atoms in total. The van der Waals surface area contributed by atoms with E-state index in [1.807, 2.05) is 0 Å². The molecule has 0 heterocycles. The molecule has 0 aliphatic carbocycles. The van der Waals surface area contributed by atoms with Crippen LogP contribution in [0.1, 0.15) is 15.7 Å². The summed E-state index contributed by atoms with van der Waals surface area (Å²) >= 11 is 0. The van der Waals surface area contributed by atoms with E-state index < -0.39 is 16.8 Å². The zero-order valence-electron chi connectivity index (χ0n) is 7.59. The molecule has 0 spiro atoms. The normalized spacial score (nSPS) is 10.6. The maximum atomic E-state index is 11.3. The molecule has 0 aliphatic rings. The third-order valence-corrected chi connectivity index (χ3v) is 1.59. The molecular formula is C4H11BaFO3S. The van der Waals surface area contributed by atoms with Gasteiger partial charge in [0.15, 0.2) is 0 Å². The summed E-state index contributed by atoms with van der Waals surface area (Å²) in [6.45, 7) is -0.532. The molecule has 0 rings (SSSR count). The van der Waals surface area contributed by atoms with E-state index in [-0.39, 0.29) is 70.3 Å². The van der Waals surface area contributed by atoms with Crippen molar-refractivity contribution in [3.05, 3.63) is 0 Å². The van der Waals surface area contributed by atoms with Gasteiger partial charge in [-0.25, -0.2) is 0 Å². The summed E-state index contributed by atoms with van der Waals surface area (Å²) in [6, 6.07) is 0. The van der Waals surface area contributed by atoms with Gasteiger partial charge < -0.3 is 2.85 Å². The summed E-state index contributed by atoms with van der Waals surface area (Å²) in [7, 11) is -3.86. The van der Waals surface area contributed by atoms with E-state index in [4.69, 9.17) is 4.55 Å². The number of hydrogen-bond acceptors (Lipinski definition) is 2. The van der Waals surface area contributed by atoms with Crippen LogP contribution in [0.25, 0.3) is 0 Å². The Kier molecular flexibility index (Phi) is 9.89. The number of alkyl halides is 1. The maximum absolute atomic E-state index is 11.3. The molecule has 0 aromatic rings. The van der Waals surface area contributed by atoms with Crippen molar-refractivity contribution in [1.82, 2.24) is 0 Å². The monoisotopic (exact) mass is 296 g/mol. The molecular weight excluding hydrogens is 284 g/mol. The Labute approximate surface area is 103 Å². The first-order valence-electron chi connectivity index (χ1n) is 2.57. The number of rotatable bonds is 4. The van der Waals surface area contributed by atoms with Crippen LogP contribution >= 0.6 is 0 Å². The van der Waals surface area contributed by atoms with Crippen LogP contribution in [0.15, 0.2) is 0 Å². The van der Waals surface area contributed by atoms with Crippen LogP contribution in [0.2, 0.25) is 0 Å². The van der Waals surface area contributed by atoms with E-state index in [2.05, 4.69) is 0 Å². The van der Waals surface area contributed by atoms with E-state index >= 15 is 0 Å². The Morgan fingerprint density at radius 2 is 1.90 bits per heavy atom. The van der Waals surface area contributed by atoms with Crippen molar-refractivity contribution in [2.45, 2.75) is 12.8 Å². The molecule has 0 aromatic carbocycles. The van der Waals surface area contributed by atoms with Crippen LogP contribution < -0.4 is 0 Å². The molecule has 0 fully saturated rings. The first kappa shape index (κ1) is 14.0. The number of hydrogen-bond donors (Lipinski definition) is 1. The van der Waals surface area contributed by atoms with Gasteiger partial charge in [0.1, 0.15) is 0 Å². The zero-order valence-corrected chi connectivity index (χ0v) is 10.8. The molecule has 0 aromatic heterocycles. The smallest absolute Gasteiger partial charge is 1.00 e. The minimum Gasteiger partial charge on any atom is -1.00 e. The van der Waals surface area contributed by atoms with Crippen LogP contribution in [0.5, 0.6) is 0 Å². The Morgan fingerprint density at radius 1 is 1.40 bits per heavy atom. The average Bonchev–Trinajstić information content (AvgIpc) is 1.63. The summed E-state index contributed by atoms with van der Waals surface area (Å²) in [6.07, 6.45) is 0.384. The minimum absolute atomic E-state index is 0. The fourth-order valence-corrected chi connectivity index (χ4v) is 0.948. The molecule has 0 unspecified atom stereocenters. The van der Waals surface area contributed by atoms with Gasteiger partial charge in [-0.1, -0.05) is 0 Å². The first-order chi connectivity index (χ1) is 4.06. The SMILES string of the molecule is O=S(=O)(O)CCCCF.[Ba+2].[H-].[H-]. The predicted molar refractivity (Wildman–Crippen MR) is 39.6 cm³/mol. The van der Waals surface area contributed by atoms with Crippen LogP contribution in [-0.2, 0) is 10.1 Å². The molecule has 60 valence electrons. The predicted octanol–water partition coefficient (Wildman–Crippen LogP) is 0.468. The van der Waals surface area contributed by atoms with Gasteiger partial charge in [0.2, 0.25) is 0 Å². The Morgan fingerprint density at radius 3 is 2.20 bits per heavy atom. The molecule has 0 atom stereocenters. The van der Waals surface area contributed by atoms with Gasteiger partial charge in [0.25, 0.3) is 10.1 Å². The van der Waals surface area contributed by atoms with E-state index in [1.54, 1.807) is 0 Å². The second-order valence-electron chi connectivity index (χ2n) is 1.68. The van der Waals surface area contributed by atoms with Gasteiger partial charge in [0, 0.05) is 0 Å². The van der Waals surface area contributed by atoms with E-state index in [1.165, 1.54) is 0 Å². The van der Waals surface area contributed by atoms with Gasteiger partial charge in [-0.3, -0.25) is 8.94 Å². The summed E-state index contributed by atoms with van der Waals surface area (Å²) in [5.41, 5.74) is 0. The third kappa shape index (κ3) is 12.1. The standard InChI is InChI=1S/C4H9FO3S.Ba.2H/c5-3-1-2-4-9(6,7)8;;;/h1-4H2,(H,6,7,8);;;/q;+2;2*-1. The Hall–Kier alpha value is 1.41. The van der Waals surface area contributed by atoms with Crippen molar-refractivity contribution in [3.63, 3.8) is 0 Å². The Balaban J connectivity index is -0.000000107.